The Bertz CT molecular complexity index is 1180. The fraction of sp³-hybridized carbons (Fsp3) is 0.208. The first-order chi connectivity index (χ1) is 13.5. The van der Waals surface area contributed by atoms with Crippen molar-refractivity contribution in [3.05, 3.63) is 77.9 Å². The molecule has 3 aromatic carbocycles. The van der Waals surface area contributed by atoms with Crippen molar-refractivity contribution in [3.63, 3.8) is 0 Å². The number of hydrogen-bond donors (Lipinski definition) is 1. The molecule has 1 aliphatic heterocycles. The molecule has 1 aromatic heterocycles. The second-order valence-corrected chi connectivity index (χ2v) is 9.15. The third kappa shape index (κ3) is 2.85. The Morgan fingerprint density at radius 2 is 1.71 bits per heavy atom. The summed E-state index contributed by atoms with van der Waals surface area (Å²) in [5.74, 6) is 0. The number of nitrogens with zero attached hydrogens (tertiary/aromatic N) is 2. The van der Waals surface area contributed by atoms with Gasteiger partial charge in [-0.3, -0.25) is 0 Å². The summed E-state index contributed by atoms with van der Waals surface area (Å²) in [6, 6.07) is 23.7. The highest BCUT2D eigenvalue weighted by Gasteiger charge is 2.36. The summed E-state index contributed by atoms with van der Waals surface area (Å²) in [7, 11) is 0. The maximum absolute atomic E-state index is 4.80. The van der Waals surface area contributed by atoms with E-state index in [2.05, 4.69) is 97.7 Å². The van der Waals surface area contributed by atoms with Crippen molar-refractivity contribution in [2.45, 2.75) is 26.2 Å². The lowest BCUT2D eigenvalue weighted by atomic mass is 9.87. The summed E-state index contributed by atoms with van der Waals surface area (Å²) in [4.78, 5) is 7.22. The molecule has 4 heteroatoms. The molecule has 0 bridgehead atoms. The molecule has 0 aliphatic carbocycles. The Morgan fingerprint density at radius 1 is 0.964 bits per heavy atom. The summed E-state index contributed by atoms with van der Waals surface area (Å²) in [6.07, 6.45) is 0. The van der Waals surface area contributed by atoms with Gasteiger partial charge >= 0.3 is 0 Å². The first-order valence-corrected chi connectivity index (χ1v) is 10.4. The quantitative estimate of drug-likeness (QED) is 0.421. The van der Waals surface area contributed by atoms with Crippen molar-refractivity contribution >= 4 is 43.7 Å². The van der Waals surface area contributed by atoms with Gasteiger partial charge in [-0.2, -0.15) is 0 Å². The van der Waals surface area contributed by atoms with E-state index >= 15 is 0 Å². The topological polar surface area (TPSA) is 28.2 Å². The van der Waals surface area contributed by atoms with Gasteiger partial charge in [0.25, 0.3) is 0 Å². The number of aryl methyl sites for hydroxylation is 1. The number of hydrogen-bond acceptors (Lipinski definition) is 4. The Balaban J connectivity index is 1.55. The average molecular weight is 386 g/mol. The standard InChI is InChI=1S/C24H23N3S/c1-16-12-13-22-19(14-16)26-23(28-22)25-18-9-5-7-11-21(18)27-15-24(2,3)17-8-4-6-10-20(17)27/h4-14H,15H2,1-3H3,(H,25,26). The van der Waals surface area contributed by atoms with Crippen LogP contribution in [0.4, 0.5) is 22.2 Å². The summed E-state index contributed by atoms with van der Waals surface area (Å²) >= 11 is 1.70. The van der Waals surface area contributed by atoms with Gasteiger partial charge in [-0.15, -0.1) is 0 Å². The van der Waals surface area contributed by atoms with Crippen LogP contribution in [0, 0.1) is 6.92 Å². The van der Waals surface area contributed by atoms with E-state index in [0.717, 1.165) is 22.9 Å². The van der Waals surface area contributed by atoms with Gasteiger partial charge in [0, 0.05) is 17.6 Å². The molecule has 1 aliphatic rings. The fourth-order valence-corrected chi connectivity index (χ4v) is 4.94. The second kappa shape index (κ2) is 6.35. The van der Waals surface area contributed by atoms with Gasteiger partial charge in [0.05, 0.1) is 21.6 Å². The SMILES string of the molecule is Cc1ccc2sc(Nc3ccccc3N3CC(C)(C)c4ccccc43)nc2c1. The number of aromatic nitrogens is 1. The lowest BCUT2D eigenvalue weighted by Gasteiger charge is -2.25. The molecule has 140 valence electrons. The Kier molecular flexibility index (Phi) is 3.91. The molecule has 0 amide bonds. The highest BCUT2D eigenvalue weighted by Crippen LogP contribution is 2.46. The number of nitrogens with one attached hydrogen (secondary N) is 1. The third-order valence-corrected chi connectivity index (χ3v) is 6.41. The number of thiazole rings is 1. The monoisotopic (exact) mass is 385 g/mol. The van der Waals surface area contributed by atoms with Crippen molar-refractivity contribution < 1.29 is 0 Å². The lowest BCUT2D eigenvalue weighted by molar-refractivity contribution is 0.569. The van der Waals surface area contributed by atoms with Gasteiger partial charge in [0.2, 0.25) is 0 Å². The van der Waals surface area contributed by atoms with Crippen LogP contribution in [0.15, 0.2) is 66.7 Å². The van der Waals surface area contributed by atoms with Crippen LogP contribution in [0.5, 0.6) is 0 Å². The molecule has 5 rings (SSSR count). The molecule has 1 N–H and O–H groups in total. The van der Waals surface area contributed by atoms with E-state index in [0.29, 0.717) is 0 Å². The molecule has 0 atom stereocenters. The minimum atomic E-state index is 0.122. The molecule has 3 nitrogen and oxygen atoms in total. The first kappa shape index (κ1) is 17.3. The zero-order chi connectivity index (χ0) is 19.3. The predicted octanol–water partition coefficient (Wildman–Crippen LogP) is 6.78. The largest absolute Gasteiger partial charge is 0.339 e. The molecule has 0 fully saturated rings. The highest BCUT2D eigenvalue weighted by molar-refractivity contribution is 7.22. The normalized spacial score (nSPS) is 15.0. The van der Waals surface area contributed by atoms with Crippen molar-refractivity contribution in [2.75, 3.05) is 16.8 Å². The van der Waals surface area contributed by atoms with Crippen LogP contribution in [-0.2, 0) is 5.41 Å². The maximum atomic E-state index is 4.80. The molecule has 2 heterocycles. The van der Waals surface area contributed by atoms with E-state index in [1.165, 1.54) is 27.2 Å². The van der Waals surface area contributed by atoms with Crippen molar-refractivity contribution in [3.8, 4) is 0 Å². The van der Waals surface area contributed by atoms with E-state index in [1.807, 2.05) is 0 Å². The van der Waals surface area contributed by atoms with E-state index < -0.39 is 0 Å². The predicted molar refractivity (Wildman–Crippen MR) is 121 cm³/mol. The highest BCUT2D eigenvalue weighted by atomic mass is 32.1. The average Bonchev–Trinajstić information content (AvgIpc) is 3.20. The molecule has 0 unspecified atom stereocenters. The van der Waals surface area contributed by atoms with E-state index in [4.69, 9.17) is 4.98 Å². The molecule has 0 radical (unpaired) electrons. The second-order valence-electron chi connectivity index (χ2n) is 8.12. The fourth-order valence-electron chi connectivity index (χ4n) is 4.08. The van der Waals surface area contributed by atoms with Crippen LogP contribution in [0.25, 0.3) is 10.2 Å². The van der Waals surface area contributed by atoms with Crippen molar-refractivity contribution in [1.29, 1.82) is 0 Å². The minimum Gasteiger partial charge on any atom is -0.339 e. The maximum Gasteiger partial charge on any atom is 0.188 e. The van der Waals surface area contributed by atoms with Crippen LogP contribution in [0.1, 0.15) is 25.0 Å². The zero-order valence-electron chi connectivity index (χ0n) is 16.4. The molecular weight excluding hydrogens is 362 g/mol. The van der Waals surface area contributed by atoms with Crippen molar-refractivity contribution in [1.82, 2.24) is 4.98 Å². The molecule has 28 heavy (non-hydrogen) atoms. The first-order valence-electron chi connectivity index (χ1n) is 9.62. The summed E-state index contributed by atoms with van der Waals surface area (Å²) in [6.45, 7) is 7.70. The van der Waals surface area contributed by atoms with Crippen LogP contribution < -0.4 is 10.2 Å². The van der Waals surface area contributed by atoms with Crippen LogP contribution in [0.2, 0.25) is 0 Å². The van der Waals surface area contributed by atoms with Gasteiger partial charge in [0.1, 0.15) is 0 Å². The van der Waals surface area contributed by atoms with Gasteiger partial charge in [-0.1, -0.05) is 61.6 Å². The summed E-state index contributed by atoms with van der Waals surface area (Å²) in [5.41, 5.74) is 7.39. The summed E-state index contributed by atoms with van der Waals surface area (Å²) < 4.78 is 1.21. The molecular formula is C24H23N3S. The molecule has 0 saturated heterocycles. The zero-order valence-corrected chi connectivity index (χ0v) is 17.2. The van der Waals surface area contributed by atoms with Crippen LogP contribution in [-0.4, -0.2) is 11.5 Å². The Morgan fingerprint density at radius 3 is 2.57 bits per heavy atom. The van der Waals surface area contributed by atoms with Gasteiger partial charge < -0.3 is 10.2 Å². The Hall–Kier alpha value is -2.85. The number of anilines is 4. The van der Waals surface area contributed by atoms with E-state index in [-0.39, 0.29) is 5.41 Å². The third-order valence-electron chi connectivity index (χ3n) is 5.46. The number of fused-ring (bicyclic) bond motifs is 2. The van der Waals surface area contributed by atoms with Crippen LogP contribution >= 0.6 is 11.3 Å². The van der Waals surface area contributed by atoms with Gasteiger partial charge in [-0.05, 0) is 48.4 Å². The number of para-hydroxylation sites is 3. The summed E-state index contributed by atoms with van der Waals surface area (Å²) in [5, 5.41) is 4.51. The van der Waals surface area contributed by atoms with Crippen molar-refractivity contribution in [2.24, 2.45) is 0 Å². The van der Waals surface area contributed by atoms with Gasteiger partial charge in [0.15, 0.2) is 5.13 Å². The van der Waals surface area contributed by atoms with E-state index in [1.54, 1.807) is 11.3 Å². The number of rotatable bonds is 3. The molecule has 0 spiro atoms. The Labute approximate surface area is 169 Å². The van der Waals surface area contributed by atoms with E-state index in [9.17, 15) is 0 Å². The minimum absolute atomic E-state index is 0.122. The van der Waals surface area contributed by atoms with Crippen LogP contribution in [0.3, 0.4) is 0 Å². The number of benzene rings is 3. The molecule has 4 aromatic rings. The van der Waals surface area contributed by atoms with Gasteiger partial charge in [-0.25, -0.2) is 4.98 Å². The lowest BCUT2D eigenvalue weighted by Crippen LogP contribution is -2.25. The smallest absolute Gasteiger partial charge is 0.188 e. The molecule has 0 saturated carbocycles.